The highest BCUT2D eigenvalue weighted by atomic mass is 16.3. The molecule has 1 N–H and O–H groups in total. The second-order valence-electron chi connectivity index (χ2n) is 4.68. The molecule has 1 amide bonds. The number of carbonyl (C=O) groups excluding carboxylic acids is 1. The van der Waals surface area contributed by atoms with Crippen molar-refractivity contribution in [2.45, 2.75) is 59.3 Å². The molecule has 0 aliphatic heterocycles. The van der Waals surface area contributed by atoms with Gasteiger partial charge >= 0.3 is 0 Å². The summed E-state index contributed by atoms with van der Waals surface area (Å²) in [4.78, 5) is 14.2. The van der Waals surface area contributed by atoms with Gasteiger partial charge in [0, 0.05) is 19.0 Å². The van der Waals surface area contributed by atoms with Crippen LogP contribution in [0, 0.1) is 5.92 Å². The molecule has 0 heterocycles. The number of aliphatic hydroxyl groups is 1. The molecule has 0 aliphatic carbocycles. The molecule has 0 saturated heterocycles. The smallest absolute Gasteiger partial charge is 0.225 e. The maximum atomic E-state index is 12.3. The summed E-state index contributed by atoms with van der Waals surface area (Å²) < 4.78 is 0. The minimum absolute atomic E-state index is 0.0699. The van der Waals surface area contributed by atoms with Crippen LogP contribution in [0.5, 0.6) is 0 Å². The minimum Gasteiger partial charge on any atom is -0.395 e. The third kappa shape index (κ3) is 6.67. The van der Waals surface area contributed by atoms with E-state index in [2.05, 4.69) is 20.8 Å². The zero-order valence-corrected chi connectivity index (χ0v) is 11.7. The summed E-state index contributed by atoms with van der Waals surface area (Å²) >= 11 is 0. The van der Waals surface area contributed by atoms with Crippen molar-refractivity contribution in [1.29, 1.82) is 0 Å². The molecular weight excluding hydrogens is 214 g/mol. The zero-order chi connectivity index (χ0) is 13.1. The number of rotatable bonds is 10. The Labute approximate surface area is 106 Å². The molecule has 0 aromatic rings. The second-order valence-corrected chi connectivity index (χ2v) is 4.68. The molecule has 0 aromatic carbocycles. The van der Waals surface area contributed by atoms with Gasteiger partial charge in [-0.15, -0.1) is 0 Å². The second kappa shape index (κ2) is 10.6. The fourth-order valence-electron chi connectivity index (χ4n) is 2.15. The Morgan fingerprint density at radius 3 is 2.06 bits per heavy atom. The monoisotopic (exact) mass is 243 g/mol. The molecule has 0 fully saturated rings. The number of aliphatic hydroxyl groups excluding tert-OH is 1. The largest absolute Gasteiger partial charge is 0.395 e. The van der Waals surface area contributed by atoms with Crippen molar-refractivity contribution in [3.63, 3.8) is 0 Å². The van der Waals surface area contributed by atoms with Crippen LogP contribution in [0.2, 0.25) is 0 Å². The van der Waals surface area contributed by atoms with Gasteiger partial charge in [-0.05, 0) is 19.3 Å². The Bertz CT molecular complexity index is 189. The van der Waals surface area contributed by atoms with Crippen LogP contribution in [-0.4, -0.2) is 35.6 Å². The van der Waals surface area contributed by atoms with E-state index in [9.17, 15) is 4.79 Å². The molecular formula is C14H29NO2. The van der Waals surface area contributed by atoms with Crippen LogP contribution in [0.1, 0.15) is 59.3 Å². The highest BCUT2D eigenvalue weighted by Gasteiger charge is 2.22. The summed E-state index contributed by atoms with van der Waals surface area (Å²) in [6, 6.07) is 0. The van der Waals surface area contributed by atoms with Gasteiger partial charge in [-0.2, -0.15) is 0 Å². The Morgan fingerprint density at radius 1 is 1.06 bits per heavy atom. The van der Waals surface area contributed by atoms with Crippen molar-refractivity contribution in [3.05, 3.63) is 0 Å². The van der Waals surface area contributed by atoms with Crippen LogP contribution >= 0.6 is 0 Å². The van der Waals surface area contributed by atoms with Gasteiger partial charge in [0.2, 0.25) is 5.91 Å². The first-order chi connectivity index (χ1) is 8.21. The first-order valence-corrected chi connectivity index (χ1v) is 7.10. The molecule has 0 aliphatic rings. The van der Waals surface area contributed by atoms with Gasteiger partial charge in [0.05, 0.1) is 6.61 Å². The number of hydrogen-bond donors (Lipinski definition) is 1. The molecule has 3 nitrogen and oxygen atoms in total. The number of carbonyl (C=O) groups is 1. The van der Waals surface area contributed by atoms with Crippen molar-refractivity contribution in [2.24, 2.45) is 5.92 Å². The summed E-state index contributed by atoms with van der Waals surface area (Å²) in [6.07, 6.45) is 6.16. The van der Waals surface area contributed by atoms with Crippen molar-refractivity contribution in [1.82, 2.24) is 4.90 Å². The summed E-state index contributed by atoms with van der Waals surface area (Å²) in [5.41, 5.74) is 0. The van der Waals surface area contributed by atoms with E-state index < -0.39 is 0 Å². The fraction of sp³-hybridized carbons (Fsp3) is 0.929. The fourth-order valence-corrected chi connectivity index (χ4v) is 2.15. The third-order valence-corrected chi connectivity index (χ3v) is 3.09. The van der Waals surface area contributed by atoms with Crippen molar-refractivity contribution >= 4 is 5.91 Å². The normalized spacial score (nSPS) is 10.9. The Kier molecular flexibility index (Phi) is 10.2. The Balaban J connectivity index is 4.40. The quantitative estimate of drug-likeness (QED) is 0.641. The Hall–Kier alpha value is -0.570. The number of hydrogen-bond acceptors (Lipinski definition) is 2. The van der Waals surface area contributed by atoms with Crippen LogP contribution < -0.4 is 0 Å². The number of nitrogens with zero attached hydrogens (tertiary/aromatic N) is 1. The minimum atomic E-state index is 0.0699. The lowest BCUT2D eigenvalue weighted by atomic mass is 9.96. The molecule has 0 rings (SSSR count). The summed E-state index contributed by atoms with van der Waals surface area (Å²) in [5, 5.41) is 9.03. The number of amides is 1. The lowest BCUT2D eigenvalue weighted by Crippen LogP contribution is -2.38. The van der Waals surface area contributed by atoms with Crippen molar-refractivity contribution in [3.8, 4) is 0 Å². The highest BCUT2D eigenvalue weighted by molar-refractivity contribution is 5.78. The van der Waals surface area contributed by atoms with Crippen LogP contribution in [0.25, 0.3) is 0 Å². The average Bonchev–Trinajstić information content (AvgIpc) is 2.33. The van der Waals surface area contributed by atoms with E-state index >= 15 is 0 Å². The SMILES string of the molecule is CCCCN(CCO)C(=O)C(CCC)CCC. The Morgan fingerprint density at radius 2 is 1.65 bits per heavy atom. The van der Waals surface area contributed by atoms with Crippen LogP contribution in [-0.2, 0) is 4.79 Å². The lowest BCUT2D eigenvalue weighted by Gasteiger charge is -2.26. The van der Waals surface area contributed by atoms with Crippen molar-refractivity contribution in [2.75, 3.05) is 19.7 Å². The molecule has 17 heavy (non-hydrogen) atoms. The molecule has 102 valence electrons. The van der Waals surface area contributed by atoms with Crippen LogP contribution in [0.3, 0.4) is 0 Å². The molecule has 0 saturated carbocycles. The molecule has 0 bridgehead atoms. The summed E-state index contributed by atoms with van der Waals surface area (Å²) in [5.74, 6) is 0.407. The average molecular weight is 243 g/mol. The predicted molar refractivity (Wildman–Crippen MR) is 71.9 cm³/mol. The van der Waals surface area contributed by atoms with E-state index in [0.717, 1.165) is 45.1 Å². The van der Waals surface area contributed by atoms with E-state index in [1.165, 1.54) is 0 Å². The van der Waals surface area contributed by atoms with E-state index in [4.69, 9.17) is 5.11 Å². The van der Waals surface area contributed by atoms with Gasteiger partial charge in [-0.3, -0.25) is 4.79 Å². The summed E-state index contributed by atoms with van der Waals surface area (Å²) in [7, 11) is 0. The zero-order valence-electron chi connectivity index (χ0n) is 11.7. The topological polar surface area (TPSA) is 40.5 Å². The maximum Gasteiger partial charge on any atom is 0.225 e. The molecule has 0 atom stereocenters. The maximum absolute atomic E-state index is 12.3. The highest BCUT2D eigenvalue weighted by Crippen LogP contribution is 2.17. The predicted octanol–water partition coefficient (Wildman–Crippen LogP) is 2.82. The van der Waals surface area contributed by atoms with Gasteiger partial charge < -0.3 is 10.0 Å². The first-order valence-electron chi connectivity index (χ1n) is 7.10. The van der Waals surface area contributed by atoms with E-state index in [1.807, 2.05) is 4.90 Å². The van der Waals surface area contributed by atoms with Gasteiger partial charge in [0.25, 0.3) is 0 Å². The van der Waals surface area contributed by atoms with Gasteiger partial charge in [-0.1, -0.05) is 40.0 Å². The van der Waals surface area contributed by atoms with Gasteiger partial charge in [-0.25, -0.2) is 0 Å². The van der Waals surface area contributed by atoms with Crippen LogP contribution in [0.4, 0.5) is 0 Å². The standard InChI is InChI=1S/C14H29NO2/c1-4-7-10-15(11-12-16)14(17)13(8-5-2)9-6-3/h13,16H,4-12H2,1-3H3. The molecule has 0 aromatic heterocycles. The van der Waals surface area contributed by atoms with E-state index in [0.29, 0.717) is 6.54 Å². The summed E-state index contributed by atoms with van der Waals surface area (Å²) in [6.45, 7) is 7.72. The molecule has 0 unspecified atom stereocenters. The van der Waals surface area contributed by atoms with E-state index in [-0.39, 0.29) is 18.4 Å². The molecule has 3 heteroatoms. The first kappa shape index (κ1) is 16.4. The number of unbranched alkanes of at least 4 members (excludes halogenated alkanes) is 1. The van der Waals surface area contributed by atoms with Gasteiger partial charge in [0.1, 0.15) is 0 Å². The molecule has 0 spiro atoms. The van der Waals surface area contributed by atoms with Crippen molar-refractivity contribution < 1.29 is 9.90 Å². The third-order valence-electron chi connectivity index (χ3n) is 3.09. The van der Waals surface area contributed by atoms with Crippen LogP contribution in [0.15, 0.2) is 0 Å². The lowest BCUT2D eigenvalue weighted by molar-refractivity contribution is -0.136. The van der Waals surface area contributed by atoms with Gasteiger partial charge in [0.15, 0.2) is 0 Å². The molecule has 0 radical (unpaired) electrons. The van der Waals surface area contributed by atoms with E-state index in [1.54, 1.807) is 0 Å².